The molecule has 1 aromatic heterocycles. The molecule has 156 valence electrons. The van der Waals surface area contributed by atoms with Crippen molar-refractivity contribution in [3.8, 4) is 11.8 Å². The van der Waals surface area contributed by atoms with Crippen molar-refractivity contribution >= 4 is 34.4 Å². The third-order valence-corrected chi connectivity index (χ3v) is 5.06. The quantitative estimate of drug-likeness (QED) is 0.507. The lowest BCUT2D eigenvalue weighted by molar-refractivity contribution is -0.112. The van der Waals surface area contributed by atoms with Crippen LogP contribution in [0.4, 0.5) is 11.5 Å². The van der Waals surface area contributed by atoms with Gasteiger partial charge in [0, 0.05) is 24.0 Å². The Kier molecular flexibility index (Phi) is 6.11. The first-order valence-electron chi connectivity index (χ1n) is 9.98. The predicted molar refractivity (Wildman–Crippen MR) is 120 cm³/mol. The van der Waals surface area contributed by atoms with Gasteiger partial charge in [-0.1, -0.05) is 30.3 Å². The largest absolute Gasteiger partial charge is 0.495 e. The number of benzene rings is 2. The molecular formula is C24H22N4O3. The van der Waals surface area contributed by atoms with Crippen molar-refractivity contribution in [2.75, 3.05) is 43.6 Å². The first-order chi connectivity index (χ1) is 15.2. The van der Waals surface area contributed by atoms with Crippen molar-refractivity contribution in [2.45, 2.75) is 0 Å². The number of rotatable bonds is 5. The molecule has 0 atom stereocenters. The number of hydrogen-bond donors (Lipinski definition) is 1. The molecule has 0 bridgehead atoms. The average Bonchev–Trinajstić information content (AvgIpc) is 2.82. The third-order valence-electron chi connectivity index (χ3n) is 5.06. The first kappa shape index (κ1) is 20.4. The van der Waals surface area contributed by atoms with E-state index in [1.165, 1.54) is 7.11 Å². The lowest BCUT2D eigenvalue weighted by Crippen LogP contribution is -2.37. The van der Waals surface area contributed by atoms with Crippen LogP contribution in [0.15, 0.2) is 60.2 Å². The molecule has 1 saturated heterocycles. The van der Waals surface area contributed by atoms with Crippen LogP contribution in [0.2, 0.25) is 0 Å². The van der Waals surface area contributed by atoms with Crippen LogP contribution in [0, 0.1) is 11.3 Å². The highest BCUT2D eigenvalue weighted by molar-refractivity contribution is 6.10. The summed E-state index contributed by atoms with van der Waals surface area (Å²) in [6.07, 6.45) is 1.59. The zero-order valence-electron chi connectivity index (χ0n) is 17.2. The fourth-order valence-corrected chi connectivity index (χ4v) is 3.50. The van der Waals surface area contributed by atoms with Crippen LogP contribution in [0.25, 0.3) is 17.0 Å². The number of para-hydroxylation sites is 3. The van der Waals surface area contributed by atoms with Gasteiger partial charge in [0.15, 0.2) is 0 Å². The first-order valence-corrected chi connectivity index (χ1v) is 9.98. The van der Waals surface area contributed by atoms with Gasteiger partial charge < -0.3 is 19.7 Å². The van der Waals surface area contributed by atoms with E-state index in [1.807, 2.05) is 42.5 Å². The molecule has 4 rings (SSSR count). The molecule has 7 heteroatoms. The van der Waals surface area contributed by atoms with E-state index in [0.29, 0.717) is 43.3 Å². The molecule has 0 aliphatic carbocycles. The third kappa shape index (κ3) is 4.49. The number of carbonyl (C=O) groups is 1. The number of fused-ring (bicyclic) bond motifs is 1. The summed E-state index contributed by atoms with van der Waals surface area (Å²) < 4.78 is 10.7. The summed E-state index contributed by atoms with van der Waals surface area (Å²) in [5.41, 5.74) is 2.06. The Hall–Kier alpha value is -3.89. The van der Waals surface area contributed by atoms with Crippen LogP contribution in [0.3, 0.4) is 0 Å². The van der Waals surface area contributed by atoms with E-state index in [-0.39, 0.29) is 5.57 Å². The molecule has 2 aromatic carbocycles. The normalized spacial score (nSPS) is 14.2. The van der Waals surface area contributed by atoms with Crippen LogP contribution in [0.5, 0.6) is 5.75 Å². The van der Waals surface area contributed by atoms with Crippen molar-refractivity contribution in [3.63, 3.8) is 0 Å². The van der Waals surface area contributed by atoms with Crippen molar-refractivity contribution < 1.29 is 14.3 Å². The van der Waals surface area contributed by atoms with Gasteiger partial charge in [-0.2, -0.15) is 5.26 Å². The molecule has 1 aliphatic heterocycles. The smallest absolute Gasteiger partial charge is 0.266 e. The number of nitriles is 1. The van der Waals surface area contributed by atoms with Crippen LogP contribution in [0.1, 0.15) is 5.56 Å². The van der Waals surface area contributed by atoms with Gasteiger partial charge in [-0.15, -0.1) is 0 Å². The Balaban J connectivity index is 1.73. The Bertz CT molecular complexity index is 1180. The Morgan fingerprint density at radius 2 is 1.94 bits per heavy atom. The van der Waals surface area contributed by atoms with Crippen molar-refractivity contribution in [3.05, 3.63) is 65.7 Å². The van der Waals surface area contributed by atoms with Gasteiger partial charge in [0.25, 0.3) is 5.91 Å². The van der Waals surface area contributed by atoms with E-state index in [0.717, 1.165) is 16.7 Å². The van der Waals surface area contributed by atoms with E-state index in [9.17, 15) is 10.1 Å². The molecule has 0 unspecified atom stereocenters. The lowest BCUT2D eigenvalue weighted by atomic mass is 10.1. The number of methoxy groups -OCH3 is 1. The highest BCUT2D eigenvalue weighted by Crippen LogP contribution is 2.28. The van der Waals surface area contributed by atoms with Gasteiger partial charge in [0.2, 0.25) is 0 Å². The second kappa shape index (κ2) is 9.28. The topological polar surface area (TPSA) is 87.5 Å². The van der Waals surface area contributed by atoms with Gasteiger partial charge in [-0.25, -0.2) is 4.98 Å². The highest BCUT2D eigenvalue weighted by atomic mass is 16.5. The average molecular weight is 414 g/mol. The van der Waals surface area contributed by atoms with E-state index >= 15 is 0 Å². The molecule has 0 radical (unpaired) electrons. The fraction of sp³-hybridized carbons (Fsp3) is 0.208. The second-order valence-electron chi connectivity index (χ2n) is 7.02. The SMILES string of the molecule is COc1ccccc1NC(=O)/C(C#N)=C/c1cc2ccccc2nc1N1CCOCC1. The number of hydrogen-bond acceptors (Lipinski definition) is 6. The predicted octanol–water partition coefficient (Wildman–Crippen LogP) is 3.63. The maximum Gasteiger partial charge on any atom is 0.266 e. The lowest BCUT2D eigenvalue weighted by Gasteiger charge is -2.29. The molecular weight excluding hydrogens is 392 g/mol. The standard InChI is InChI=1S/C24H22N4O3/c1-30-22-9-5-4-8-21(22)27-24(29)19(16-25)15-18-14-17-6-2-3-7-20(17)26-23(18)28-10-12-31-13-11-28/h2-9,14-15H,10-13H2,1H3,(H,27,29)/b19-15+. The second-order valence-corrected chi connectivity index (χ2v) is 7.02. The summed E-state index contributed by atoms with van der Waals surface area (Å²) in [5, 5.41) is 13.4. The maximum absolute atomic E-state index is 12.9. The number of pyridine rings is 1. The number of aromatic nitrogens is 1. The van der Waals surface area contributed by atoms with Gasteiger partial charge in [0.05, 0.1) is 31.5 Å². The molecule has 0 saturated carbocycles. The molecule has 1 fully saturated rings. The number of amides is 1. The number of morpholine rings is 1. The molecule has 1 N–H and O–H groups in total. The highest BCUT2D eigenvalue weighted by Gasteiger charge is 2.19. The van der Waals surface area contributed by atoms with E-state index in [2.05, 4.69) is 10.2 Å². The molecule has 0 spiro atoms. The zero-order chi connectivity index (χ0) is 21.6. The monoisotopic (exact) mass is 414 g/mol. The molecule has 1 amide bonds. The fourth-order valence-electron chi connectivity index (χ4n) is 3.50. The Morgan fingerprint density at radius 1 is 1.19 bits per heavy atom. The summed E-state index contributed by atoms with van der Waals surface area (Å²) in [7, 11) is 1.53. The number of anilines is 2. The molecule has 2 heterocycles. The van der Waals surface area contributed by atoms with Crippen molar-refractivity contribution in [1.82, 2.24) is 4.98 Å². The summed E-state index contributed by atoms with van der Waals surface area (Å²) in [4.78, 5) is 19.8. The molecule has 31 heavy (non-hydrogen) atoms. The van der Waals surface area contributed by atoms with E-state index < -0.39 is 5.91 Å². The Morgan fingerprint density at radius 3 is 2.71 bits per heavy atom. The summed E-state index contributed by atoms with van der Waals surface area (Å²) in [6, 6.07) is 18.8. The van der Waals surface area contributed by atoms with Crippen molar-refractivity contribution in [1.29, 1.82) is 5.26 Å². The van der Waals surface area contributed by atoms with Crippen LogP contribution in [-0.4, -0.2) is 44.3 Å². The number of carbonyl (C=O) groups excluding carboxylic acids is 1. The van der Waals surface area contributed by atoms with Crippen LogP contribution in [-0.2, 0) is 9.53 Å². The van der Waals surface area contributed by atoms with Gasteiger partial charge in [-0.3, -0.25) is 4.79 Å². The van der Waals surface area contributed by atoms with Gasteiger partial charge in [0.1, 0.15) is 23.2 Å². The summed E-state index contributed by atoms with van der Waals surface area (Å²) >= 11 is 0. The molecule has 7 nitrogen and oxygen atoms in total. The van der Waals surface area contributed by atoms with E-state index in [4.69, 9.17) is 14.5 Å². The minimum Gasteiger partial charge on any atom is -0.495 e. The number of nitrogens with one attached hydrogen (secondary N) is 1. The maximum atomic E-state index is 12.9. The minimum absolute atomic E-state index is 0.0162. The summed E-state index contributed by atoms with van der Waals surface area (Å²) in [6.45, 7) is 2.61. The zero-order valence-corrected chi connectivity index (χ0v) is 17.2. The Labute approximate surface area is 180 Å². The summed E-state index contributed by atoms with van der Waals surface area (Å²) in [5.74, 6) is 0.752. The number of nitrogens with zero attached hydrogens (tertiary/aromatic N) is 3. The minimum atomic E-state index is -0.506. The molecule has 1 aliphatic rings. The molecule has 3 aromatic rings. The number of ether oxygens (including phenoxy) is 2. The van der Waals surface area contributed by atoms with Gasteiger partial charge in [-0.05, 0) is 30.3 Å². The van der Waals surface area contributed by atoms with Gasteiger partial charge >= 0.3 is 0 Å². The van der Waals surface area contributed by atoms with Crippen molar-refractivity contribution in [2.24, 2.45) is 0 Å². The van der Waals surface area contributed by atoms with E-state index in [1.54, 1.807) is 24.3 Å². The van der Waals surface area contributed by atoms with Crippen LogP contribution < -0.4 is 15.0 Å². The van der Waals surface area contributed by atoms with Crippen LogP contribution >= 0.6 is 0 Å².